The molecule has 0 amide bonds. The van der Waals surface area contributed by atoms with E-state index in [2.05, 4.69) is 39.0 Å². The Morgan fingerprint density at radius 1 is 0.552 bits per heavy atom. The molecule has 3 nitrogen and oxygen atoms in total. The molecule has 0 radical (unpaired) electrons. The van der Waals surface area contributed by atoms with Gasteiger partial charge in [-0.2, -0.15) is 0 Å². The molecule has 0 N–H and O–H groups in total. The summed E-state index contributed by atoms with van der Waals surface area (Å²) in [4.78, 5) is 0. The molecule has 0 aliphatic heterocycles. The number of halogens is 1. The molecule has 0 saturated carbocycles. The van der Waals surface area contributed by atoms with E-state index in [1.54, 1.807) is 0 Å². The van der Waals surface area contributed by atoms with Crippen LogP contribution in [0.2, 0.25) is 0 Å². The summed E-state index contributed by atoms with van der Waals surface area (Å²) in [5, 5.41) is 0. The van der Waals surface area contributed by atoms with E-state index in [9.17, 15) is 0 Å². The third kappa shape index (κ3) is 6.51. The van der Waals surface area contributed by atoms with Crippen molar-refractivity contribution in [1.82, 2.24) is 0 Å². The van der Waals surface area contributed by atoms with Crippen LogP contribution in [0.3, 0.4) is 0 Å². The van der Waals surface area contributed by atoms with Gasteiger partial charge in [0.15, 0.2) is 0 Å². The number of aryl methyl sites for hydroxylation is 3. The fourth-order valence-corrected chi connectivity index (χ4v) is 5.53. The summed E-state index contributed by atoms with van der Waals surface area (Å²) in [7, 11) is 6.87. The van der Waals surface area contributed by atoms with Crippen molar-refractivity contribution in [3.05, 3.63) is 106 Å². The van der Waals surface area contributed by atoms with Crippen LogP contribution in [-0.2, 0) is 46.5 Å². The molecule has 0 aliphatic carbocycles. The van der Waals surface area contributed by atoms with Crippen LogP contribution >= 0.6 is 9.30 Å². The van der Waals surface area contributed by atoms with E-state index in [1.165, 1.54) is 0 Å². The van der Waals surface area contributed by atoms with Crippen LogP contribution in [0, 0.1) is 20.8 Å². The van der Waals surface area contributed by atoms with Crippen LogP contribution in [0.25, 0.3) is 0 Å². The van der Waals surface area contributed by atoms with Crippen molar-refractivity contribution in [1.29, 1.82) is 0 Å². The van der Waals surface area contributed by atoms with E-state index in [4.69, 9.17) is 19.3 Å². The molecule has 0 spiro atoms. The van der Waals surface area contributed by atoms with Gasteiger partial charge in [0.1, 0.15) is 0 Å². The Kier molecular flexibility index (Phi) is 8.08. The second-order valence-corrected chi connectivity index (χ2v) is 11.9. The Balaban J connectivity index is 1.73. The van der Waals surface area contributed by atoms with E-state index >= 15 is 0 Å². The number of hydrogen-bond acceptors (Lipinski definition) is 3. The molecular formula is C24H27ClO3Ti. The first-order chi connectivity index (χ1) is 14.0. The Bertz CT molecular complexity index is 824. The molecule has 5 heteroatoms. The molecular weight excluding hydrogens is 420 g/mol. The maximum absolute atomic E-state index is 6.87. The van der Waals surface area contributed by atoms with Gasteiger partial charge in [0.05, 0.1) is 0 Å². The van der Waals surface area contributed by atoms with Crippen LogP contribution in [0.4, 0.5) is 0 Å². The SMILES string of the molecule is Cc1ccccc1C[O][Ti]([Cl])([O]Cc1ccccc1C)[O]Cc1ccccc1C. The van der Waals surface area contributed by atoms with Crippen molar-refractivity contribution in [3.63, 3.8) is 0 Å². The predicted octanol–water partition coefficient (Wildman–Crippen LogP) is 6.61. The number of benzene rings is 3. The number of rotatable bonds is 9. The summed E-state index contributed by atoms with van der Waals surface area (Å²) in [6, 6.07) is 24.3. The second-order valence-electron chi connectivity index (χ2n) is 7.13. The first kappa shape index (κ1) is 22.2. The molecule has 3 aromatic carbocycles. The Labute approximate surface area is 182 Å². The first-order valence-corrected chi connectivity index (χ1v) is 13.8. The molecule has 0 aromatic heterocycles. The zero-order valence-corrected chi connectivity index (χ0v) is 19.5. The molecule has 29 heavy (non-hydrogen) atoms. The zero-order valence-electron chi connectivity index (χ0n) is 17.2. The van der Waals surface area contributed by atoms with E-state index in [0.717, 1.165) is 33.4 Å². The van der Waals surface area contributed by atoms with Gasteiger partial charge in [-0.1, -0.05) is 0 Å². The molecule has 0 fully saturated rings. The van der Waals surface area contributed by atoms with Crippen molar-refractivity contribution < 1.29 is 26.6 Å². The predicted molar refractivity (Wildman–Crippen MR) is 114 cm³/mol. The average Bonchev–Trinajstić information content (AvgIpc) is 2.72. The molecule has 0 saturated heterocycles. The molecule has 0 aliphatic rings. The molecule has 3 aromatic rings. The van der Waals surface area contributed by atoms with Gasteiger partial charge < -0.3 is 0 Å². The summed E-state index contributed by atoms with van der Waals surface area (Å²) in [5.41, 5.74) is 6.73. The molecule has 3 rings (SSSR count). The van der Waals surface area contributed by atoms with E-state index in [1.807, 2.05) is 54.6 Å². The van der Waals surface area contributed by atoms with Crippen molar-refractivity contribution in [2.75, 3.05) is 0 Å². The molecule has 0 bridgehead atoms. The van der Waals surface area contributed by atoms with Gasteiger partial charge >= 0.3 is 183 Å². The monoisotopic (exact) mass is 446 g/mol. The summed E-state index contributed by atoms with van der Waals surface area (Å²) in [5.74, 6) is 0. The van der Waals surface area contributed by atoms with Crippen molar-refractivity contribution in [2.24, 2.45) is 0 Å². The average molecular weight is 447 g/mol. The van der Waals surface area contributed by atoms with E-state index in [0.29, 0.717) is 19.8 Å². The standard InChI is InChI=1S/3C8H9O.ClH.Ti/c3*1-7-4-2-3-5-8(7)6-9;;/h3*2-5H,6H2,1H3;1H;/q3*-1;;+4/p-1. The van der Waals surface area contributed by atoms with Crippen LogP contribution in [0.5, 0.6) is 0 Å². The first-order valence-electron chi connectivity index (χ1n) is 9.71. The fraction of sp³-hybridized carbons (Fsp3) is 0.250. The summed E-state index contributed by atoms with van der Waals surface area (Å²) in [6.07, 6.45) is 0. The zero-order chi connectivity index (χ0) is 20.7. The van der Waals surface area contributed by atoms with Gasteiger partial charge in [0, 0.05) is 0 Å². The Hall–Kier alpha value is -1.46. The van der Waals surface area contributed by atoms with Crippen LogP contribution < -0.4 is 0 Å². The van der Waals surface area contributed by atoms with Crippen molar-refractivity contribution in [3.8, 4) is 0 Å². The third-order valence-electron chi connectivity index (χ3n) is 4.98. The topological polar surface area (TPSA) is 27.7 Å². The summed E-state index contributed by atoms with van der Waals surface area (Å²) >= 11 is -3.99. The third-order valence-corrected chi connectivity index (χ3v) is 8.63. The molecule has 0 heterocycles. The van der Waals surface area contributed by atoms with Gasteiger partial charge in [-0.05, 0) is 0 Å². The van der Waals surface area contributed by atoms with Crippen LogP contribution in [-0.4, -0.2) is 0 Å². The number of hydrogen-bond donors (Lipinski definition) is 0. The summed E-state index contributed by atoms with van der Waals surface area (Å²) in [6.45, 7) is 7.30. The van der Waals surface area contributed by atoms with Gasteiger partial charge in [0.25, 0.3) is 0 Å². The van der Waals surface area contributed by atoms with E-state index < -0.39 is 16.7 Å². The molecule has 0 unspecified atom stereocenters. The quantitative estimate of drug-likeness (QED) is 0.346. The van der Waals surface area contributed by atoms with E-state index in [-0.39, 0.29) is 0 Å². The minimum absolute atomic E-state index is 0.373. The van der Waals surface area contributed by atoms with Crippen LogP contribution in [0.1, 0.15) is 33.4 Å². The van der Waals surface area contributed by atoms with Crippen molar-refractivity contribution >= 4 is 9.30 Å². The van der Waals surface area contributed by atoms with Crippen molar-refractivity contribution in [2.45, 2.75) is 40.6 Å². The Morgan fingerprint density at radius 3 is 1.10 bits per heavy atom. The van der Waals surface area contributed by atoms with Gasteiger partial charge in [-0.25, -0.2) is 0 Å². The van der Waals surface area contributed by atoms with Gasteiger partial charge in [-0.15, -0.1) is 0 Å². The van der Waals surface area contributed by atoms with Crippen LogP contribution in [0.15, 0.2) is 72.8 Å². The summed E-state index contributed by atoms with van der Waals surface area (Å²) < 4.78 is 18.4. The minimum atomic E-state index is -3.99. The normalized spacial score (nSPS) is 11.6. The van der Waals surface area contributed by atoms with Gasteiger partial charge in [0.2, 0.25) is 0 Å². The fourth-order valence-electron chi connectivity index (χ4n) is 2.93. The second kappa shape index (κ2) is 10.5. The maximum atomic E-state index is 6.87. The Morgan fingerprint density at radius 2 is 0.828 bits per heavy atom. The van der Waals surface area contributed by atoms with Gasteiger partial charge in [-0.3, -0.25) is 0 Å². The molecule has 152 valence electrons. The molecule has 0 atom stereocenters.